The molecule has 1 aliphatic heterocycles. The Kier molecular flexibility index (Phi) is 3.37. The molecule has 124 valence electrons. The third-order valence-corrected chi connectivity index (χ3v) is 8.49. The van der Waals surface area contributed by atoms with E-state index in [1.807, 2.05) is 11.8 Å². The first-order chi connectivity index (χ1) is 10.4. The summed E-state index contributed by atoms with van der Waals surface area (Å²) in [6.07, 6.45) is 7.81. The minimum atomic E-state index is -2.93. The molecular weight excluding hydrogens is 298 g/mol. The fourth-order valence-electron chi connectivity index (χ4n) is 6.27. The van der Waals surface area contributed by atoms with Gasteiger partial charge in [-0.2, -0.15) is 0 Å². The van der Waals surface area contributed by atoms with Gasteiger partial charge in [-0.3, -0.25) is 4.79 Å². The van der Waals surface area contributed by atoms with Crippen LogP contribution < -0.4 is 0 Å². The number of carbonyl (C=O) groups is 1. The van der Waals surface area contributed by atoms with Crippen LogP contribution in [0.1, 0.15) is 51.9 Å². The van der Waals surface area contributed by atoms with Crippen LogP contribution >= 0.6 is 0 Å². The average Bonchev–Trinajstić information content (AvgIpc) is 2.78. The van der Waals surface area contributed by atoms with Gasteiger partial charge in [0.05, 0.1) is 16.9 Å². The number of amides is 1. The van der Waals surface area contributed by atoms with Gasteiger partial charge in [-0.05, 0) is 69.6 Å². The fourth-order valence-corrected chi connectivity index (χ4v) is 8.00. The first-order valence-corrected chi connectivity index (χ1v) is 10.7. The van der Waals surface area contributed by atoms with Crippen LogP contribution in [0.3, 0.4) is 0 Å². The van der Waals surface area contributed by atoms with Gasteiger partial charge in [0.2, 0.25) is 5.91 Å². The lowest BCUT2D eigenvalue weighted by molar-refractivity contribution is -0.159. The topological polar surface area (TPSA) is 54.5 Å². The maximum atomic E-state index is 13.4. The van der Waals surface area contributed by atoms with Crippen LogP contribution in [0.25, 0.3) is 0 Å². The zero-order chi connectivity index (χ0) is 15.5. The summed E-state index contributed by atoms with van der Waals surface area (Å²) in [5, 5.41) is 0. The van der Waals surface area contributed by atoms with Gasteiger partial charge in [0.25, 0.3) is 0 Å². The summed E-state index contributed by atoms with van der Waals surface area (Å²) < 4.78 is 23.6. The van der Waals surface area contributed by atoms with E-state index < -0.39 is 9.84 Å². The second-order valence-corrected chi connectivity index (χ2v) is 10.6. The first-order valence-electron chi connectivity index (χ1n) is 8.92. The highest BCUT2D eigenvalue weighted by molar-refractivity contribution is 7.91. The predicted octanol–water partition coefficient (Wildman–Crippen LogP) is 2.24. The Labute approximate surface area is 133 Å². The Morgan fingerprint density at radius 1 is 1.09 bits per heavy atom. The molecule has 5 rings (SSSR count). The van der Waals surface area contributed by atoms with Crippen molar-refractivity contribution >= 4 is 15.7 Å². The number of sulfone groups is 1. The molecule has 0 spiro atoms. The van der Waals surface area contributed by atoms with Gasteiger partial charge in [0, 0.05) is 12.6 Å². The minimum absolute atomic E-state index is 0.0736. The Morgan fingerprint density at radius 3 is 2.05 bits per heavy atom. The normalized spacial score (nSPS) is 45.1. The quantitative estimate of drug-likeness (QED) is 0.799. The Hall–Kier alpha value is -0.580. The van der Waals surface area contributed by atoms with Gasteiger partial charge >= 0.3 is 0 Å². The van der Waals surface area contributed by atoms with Crippen molar-refractivity contribution in [1.29, 1.82) is 0 Å². The van der Waals surface area contributed by atoms with Crippen molar-refractivity contribution in [2.75, 3.05) is 18.1 Å². The highest BCUT2D eigenvalue weighted by atomic mass is 32.2. The van der Waals surface area contributed by atoms with E-state index in [9.17, 15) is 13.2 Å². The molecule has 0 radical (unpaired) electrons. The minimum Gasteiger partial charge on any atom is -0.338 e. The molecule has 4 bridgehead atoms. The summed E-state index contributed by atoms with van der Waals surface area (Å²) in [6, 6.07) is -0.0736. The molecule has 5 fully saturated rings. The van der Waals surface area contributed by atoms with E-state index in [4.69, 9.17) is 0 Å². The standard InChI is InChI=1S/C17H27NO3S/c1-2-18(15-3-4-22(20,21)11-15)16(19)17-8-12-5-13(9-17)7-14(6-12)10-17/h12-15H,2-11H2,1H3/t12?,13?,14?,15-,17?/m1/s1. The summed E-state index contributed by atoms with van der Waals surface area (Å²) in [7, 11) is -2.93. The molecule has 5 aliphatic rings. The van der Waals surface area contributed by atoms with E-state index in [1.165, 1.54) is 19.3 Å². The summed E-state index contributed by atoms with van der Waals surface area (Å²) in [6.45, 7) is 2.66. The van der Waals surface area contributed by atoms with Gasteiger partial charge in [-0.25, -0.2) is 8.42 Å². The van der Waals surface area contributed by atoms with Crippen LogP contribution in [0.15, 0.2) is 0 Å². The molecule has 4 saturated carbocycles. The summed E-state index contributed by atoms with van der Waals surface area (Å²) >= 11 is 0. The first kappa shape index (κ1) is 15.0. The van der Waals surface area contributed by atoms with Crippen molar-refractivity contribution in [1.82, 2.24) is 4.90 Å². The summed E-state index contributed by atoms with van der Waals surface area (Å²) in [4.78, 5) is 15.3. The maximum absolute atomic E-state index is 13.4. The number of carbonyl (C=O) groups excluding carboxylic acids is 1. The Morgan fingerprint density at radius 2 is 1.64 bits per heavy atom. The van der Waals surface area contributed by atoms with E-state index >= 15 is 0 Å². The highest BCUT2D eigenvalue weighted by Gasteiger charge is 2.56. The van der Waals surface area contributed by atoms with Crippen molar-refractivity contribution in [3.8, 4) is 0 Å². The van der Waals surface area contributed by atoms with E-state index in [0.29, 0.717) is 13.0 Å². The lowest BCUT2D eigenvalue weighted by atomic mass is 9.49. The van der Waals surface area contributed by atoms with Crippen LogP contribution in [0, 0.1) is 23.2 Å². The molecule has 4 aliphatic carbocycles. The zero-order valence-corrected chi connectivity index (χ0v) is 14.3. The SMILES string of the molecule is CCN(C(=O)C12CC3CC(CC(C3)C1)C2)[C@@H]1CCS(=O)(=O)C1. The van der Waals surface area contributed by atoms with Gasteiger partial charge < -0.3 is 4.90 Å². The van der Waals surface area contributed by atoms with E-state index in [2.05, 4.69) is 0 Å². The molecule has 1 amide bonds. The lowest BCUT2D eigenvalue weighted by Crippen LogP contribution is -2.56. The second kappa shape index (κ2) is 4.96. The van der Waals surface area contributed by atoms with Gasteiger partial charge in [0.1, 0.15) is 0 Å². The van der Waals surface area contributed by atoms with Crippen molar-refractivity contribution in [3.05, 3.63) is 0 Å². The van der Waals surface area contributed by atoms with E-state index in [0.717, 1.165) is 37.0 Å². The Bertz CT molecular complexity index is 547. The van der Waals surface area contributed by atoms with Crippen LogP contribution in [-0.2, 0) is 14.6 Å². The van der Waals surface area contributed by atoms with Gasteiger partial charge in [-0.1, -0.05) is 0 Å². The molecular formula is C17H27NO3S. The molecule has 0 aromatic rings. The summed E-state index contributed by atoms with van der Waals surface area (Å²) in [5.41, 5.74) is -0.142. The lowest BCUT2D eigenvalue weighted by Gasteiger charge is -2.57. The fraction of sp³-hybridized carbons (Fsp3) is 0.941. The number of hydrogen-bond donors (Lipinski definition) is 0. The molecule has 0 aromatic heterocycles. The number of hydrogen-bond acceptors (Lipinski definition) is 3. The smallest absolute Gasteiger partial charge is 0.229 e. The molecule has 4 nitrogen and oxygen atoms in total. The molecule has 5 heteroatoms. The predicted molar refractivity (Wildman–Crippen MR) is 85.1 cm³/mol. The van der Waals surface area contributed by atoms with Crippen LogP contribution in [0.2, 0.25) is 0 Å². The van der Waals surface area contributed by atoms with Gasteiger partial charge in [-0.15, -0.1) is 0 Å². The average molecular weight is 325 g/mol. The molecule has 0 unspecified atom stereocenters. The third-order valence-electron chi connectivity index (χ3n) is 6.74. The van der Waals surface area contributed by atoms with Crippen molar-refractivity contribution in [2.24, 2.45) is 23.2 Å². The van der Waals surface area contributed by atoms with Crippen molar-refractivity contribution < 1.29 is 13.2 Å². The van der Waals surface area contributed by atoms with Gasteiger partial charge in [0.15, 0.2) is 9.84 Å². The molecule has 1 atom stereocenters. The van der Waals surface area contributed by atoms with Crippen LogP contribution in [0.5, 0.6) is 0 Å². The van der Waals surface area contributed by atoms with E-state index in [-0.39, 0.29) is 28.9 Å². The molecule has 1 saturated heterocycles. The zero-order valence-electron chi connectivity index (χ0n) is 13.5. The van der Waals surface area contributed by atoms with Crippen molar-refractivity contribution in [3.63, 3.8) is 0 Å². The molecule has 22 heavy (non-hydrogen) atoms. The monoisotopic (exact) mass is 325 g/mol. The number of nitrogens with zero attached hydrogens (tertiary/aromatic N) is 1. The molecule has 0 N–H and O–H groups in total. The van der Waals surface area contributed by atoms with Crippen LogP contribution in [-0.4, -0.2) is 43.3 Å². The van der Waals surface area contributed by atoms with E-state index in [1.54, 1.807) is 0 Å². The maximum Gasteiger partial charge on any atom is 0.229 e. The highest BCUT2D eigenvalue weighted by Crippen LogP contribution is 2.60. The second-order valence-electron chi connectivity index (χ2n) is 8.35. The molecule has 1 heterocycles. The van der Waals surface area contributed by atoms with Crippen LogP contribution in [0.4, 0.5) is 0 Å². The Balaban J connectivity index is 1.57. The largest absolute Gasteiger partial charge is 0.338 e. The summed E-state index contributed by atoms with van der Waals surface area (Å²) in [5.74, 6) is 2.97. The molecule has 0 aromatic carbocycles. The van der Waals surface area contributed by atoms with Crippen molar-refractivity contribution in [2.45, 2.75) is 57.9 Å². The number of rotatable bonds is 3. The third kappa shape index (κ3) is 2.31.